The first-order chi connectivity index (χ1) is 7.58. The topological polar surface area (TPSA) is 60.8 Å². The number of aromatic hydroxyl groups is 1. The molecule has 0 unspecified atom stereocenters. The Hall–Kier alpha value is -1.26. The molecular weight excluding hydrogens is 230 g/mol. The molecule has 0 aliphatic carbocycles. The largest absolute Gasteiger partial charge is 0.508 e. The average molecular weight is 242 g/mol. The molecule has 0 aromatic heterocycles. The molecule has 5 heteroatoms. The maximum absolute atomic E-state index is 12.0. The zero-order valence-electron chi connectivity index (χ0n) is 8.56. The number of aliphatic hydroxyl groups is 1. The van der Waals surface area contributed by atoms with Crippen molar-refractivity contribution in [3.05, 3.63) is 28.8 Å². The van der Waals surface area contributed by atoms with E-state index in [2.05, 4.69) is 0 Å². The van der Waals surface area contributed by atoms with Crippen molar-refractivity contribution in [1.82, 2.24) is 4.90 Å². The smallest absolute Gasteiger partial charge is 0.255 e. The highest BCUT2D eigenvalue weighted by Crippen LogP contribution is 2.24. The van der Waals surface area contributed by atoms with Gasteiger partial charge < -0.3 is 15.1 Å². The van der Waals surface area contributed by atoms with Crippen molar-refractivity contribution < 1.29 is 15.0 Å². The van der Waals surface area contributed by atoms with E-state index < -0.39 is 6.10 Å². The lowest BCUT2D eigenvalue weighted by molar-refractivity contribution is 0.0765. The van der Waals surface area contributed by atoms with E-state index in [1.807, 2.05) is 0 Å². The molecule has 16 heavy (non-hydrogen) atoms. The minimum atomic E-state index is -0.458. The number of hydrogen-bond donors (Lipinski definition) is 2. The van der Waals surface area contributed by atoms with E-state index in [1.165, 1.54) is 23.1 Å². The number of rotatable bonds is 1. The summed E-state index contributed by atoms with van der Waals surface area (Å²) in [5.41, 5.74) is 0.274. The van der Waals surface area contributed by atoms with Crippen LogP contribution >= 0.6 is 11.6 Å². The standard InChI is InChI=1S/C11H12ClNO3/c12-10-2-1-7(14)5-9(10)11(16)13-4-3-8(15)6-13/h1-2,5,8,14-15H,3-4,6H2/t8-/m0/s1. The second-order valence-electron chi connectivity index (χ2n) is 3.86. The Labute approximate surface area is 98.1 Å². The number of aliphatic hydroxyl groups excluding tert-OH is 1. The van der Waals surface area contributed by atoms with Crippen molar-refractivity contribution in [3.63, 3.8) is 0 Å². The molecule has 1 amide bonds. The highest BCUT2D eigenvalue weighted by atomic mass is 35.5. The summed E-state index contributed by atoms with van der Waals surface area (Å²) >= 11 is 5.88. The first-order valence-corrected chi connectivity index (χ1v) is 5.41. The highest BCUT2D eigenvalue weighted by Gasteiger charge is 2.26. The Morgan fingerprint density at radius 1 is 1.50 bits per heavy atom. The van der Waals surface area contributed by atoms with Crippen LogP contribution in [0.4, 0.5) is 0 Å². The Morgan fingerprint density at radius 2 is 2.25 bits per heavy atom. The van der Waals surface area contributed by atoms with Crippen molar-refractivity contribution in [1.29, 1.82) is 0 Å². The van der Waals surface area contributed by atoms with Gasteiger partial charge in [0.2, 0.25) is 0 Å². The second kappa shape index (κ2) is 4.31. The van der Waals surface area contributed by atoms with Crippen LogP contribution in [0.25, 0.3) is 0 Å². The predicted octanol–water partition coefficient (Wildman–Crippen LogP) is 1.25. The fourth-order valence-electron chi connectivity index (χ4n) is 1.77. The molecule has 2 rings (SSSR count). The van der Waals surface area contributed by atoms with Gasteiger partial charge >= 0.3 is 0 Å². The molecule has 1 aromatic carbocycles. The monoisotopic (exact) mass is 241 g/mol. The maximum Gasteiger partial charge on any atom is 0.255 e. The average Bonchev–Trinajstić information content (AvgIpc) is 2.67. The van der Waals surface area contributed by atoms with Crippen LogP contribution in [0, 0.1) is 0 Å². The molecule has 1 fully saturated rings. The van der Waals surface area contributed by atoms with Gasteiger partial charge in [-0.1, -0.05) is 11.6 Å². The summed E-state index contributed by atoms with van der Waals surface area (Å²) in [7, 11) is 0. The van der Waals surface area contributed by atoms with Crippen molar-refractivity contribution in [2.24, 2.45) is 0 Å². The molecule has 1 aliphatic rings. The summed E-state index contributed by atoms with van der Waals surface area (Å²) in [6.45, 7) is 0.844. The number of nitrogens with zero attached hydrogens (tertiary/aromatic N) is 1. The van der Waals surface area contributed by atoms with Gasteiger partial charge in [0.15, 0.2) is 0 Å². The Bertz CT molecular complexity index is 422. The summed E-state index contributed by atoms with van der Waals surface area (Å²) < 4.78 is 0. The van der Waals surface area contributed by atoms with Crippen LogP contribution in [0.2, 0.25) is 5.02 Å². The fraction of sp³-hybridized carbons (Fsp3) is 0.364. The summed E-state index contributed by atoms with van der Waals surface area (Å²) in [6, 6.07) is 4.25. The van der Waals surface area contributed by atoms with Crippen molar-refractivity contribution in [2.45, 2.75) is 12.5 Å². The number of carbonyl (C=O) groups excluding carboxylic acids is 1. The van der Waals surface area contributed by atoms with Crippen LogP contribution < -0.4 is 0 Å². The van der Waals surface area contributed by atoms with Gasteiger partial charge in [0.25, 0.3) is 5.91 Å². The van der Waals surface area contributed by atoms with Gasteiger partial charge in [-0.25, -0.2) is 0 Å². The van der Waals surface area contributed by atoms with E-state index in [-0.39, 0.29) is 17.2 Å². The quantitative estimate of drug-likeness (QED) is 0.778. The third kappa shape index (κ3) is 2.13. The number of benzene rings is 1. The lowest BCUT2D eigenvalue weighted by Crippen LogP contribution is -2.29. The molecule has 1 saturated heterocycles. The summed E-state index contributed by atoms with van der Waals surface area (Å²) in [6.07, 6.45) is 0.127. The first kappa shape index (κ1) is 11.2. The van der Waals surface area contributed by atoms with E-state index in [1.54, 1.807) is 0 Å². The predicted molar refractivity (Wildman–Crippen MR) is 59.6 cm³/mol. The van der Waals surface area contributed by atoms with Gasteiger partial charge in [-0.05, 0) is 24.6 Å². The molecule has 1 heterocycles. The number of hydrogen-bond acceptors (Lipinski definition) is 3. The summed E-state index contributed by atoms with van der Waals surface area (Å²) in [5, 5.41) is 19.0. The molecule has 1 atom stereocenters. The maximum atomic E-state index is 12.0. The minimum absolute atomic E-state index is 0.00694. The van der Waals surface area contributed by atoms with E-state index in [0.717, 1.165) is 0 Å². The van der Waals surface area contributed by atoms with Crippen LogP contribution in [0.15, 0.2) is 18.2 Å². The van der Waals surface area contributed by atoms with Crippen LogP contribution in [-0.4, -0.2) is 40.2 Å². The van der Waals surface area contributed by atoms with Crippen LogP contribution in [-0.2, 0) is 0 Å². The molecule has 1 aliphatic heterocycles. The SMILES string of the molecule is O=C(c1cc(O)ccc1Cl)N1CC[C@H](O)C1. The molecule has 0 radical (unpaired) electrons. The molecule has 4 nitrogen and oxygen atoms in total. The van der Waals surface area contributed by atoms with Crippen LogP contribution in [0.5, 0.6) is 5.75 Å². The van der Waals surface area contributed by atoms with Crippen molar-refractivity contribution in [3.8, 4) is 5.75 Å². The molecule has 1 aromatic rings. The number of amides is 1. The van der Waals surface area contributed by atoms with Crippen LogP contribution in [0.3, 0.4) is 0 Å². The van der Waals surface area contributed by atoms with Gasteiger partial charge in [-0.15, -0.1) is 0 Å². The van der Waals surface area contributed by atoms with Crippen molar-refractivity contribution >= 4 is 17.5 Å². The molecule has 2 N–H and O–H groups in total. The number of halogens is 1. The second-order valence-corrected chi connectivity index (χ2v) is 4.27. The van der Waals surface area contributed by atoms with Gasteiger partial charge in [0, 0.05) is 13.1 Å². The third-order valence-electron chi connectivity index (χ3n) is 2.63. The van der Waals surface area contributed by atoms with Gasteiger partial charge in [-0.3, -0.25) is 4.79 Å². The van der Waals surface area contributed by atoms with E-state index in [4.69, 9.17) is 11.6 Å². The number of β-amino-alcohol motifs (C(OH)–C–C–N with tert-alkyl or cyclic N) is 1. The zero-order valence-corrected chi connectivity index (χ0v) is 9.31. The first-order valence-electron chi connectivity index (χ1n) is 5.04. The number of phenolic OH excluding ortho intramolecular Hbond substituents is 1. The Morgan fingerprint density at radius 3 is 2.88 bits per heavy atom. The molecule has 0 saturated carbocycles. The van der Waals surface area contributed by atoms with Crippen LogP contribution in [0.1, 0.15) is 16.8 Å². The molecule has 0 bridgehead atoms. The molecule has 0 spiro atoms. The van der Waals surface area contributed by atoms with Gasteiger partial charge in [0.05, 0.1) is 16.7 Å². The van der Waals surface area contributed by atoms with E-state index in [9.17, 15) is 15.0 Å². The summed E-state index contributed by atoms with van der Waals surface area (Å²) in [5.74, 6) is -0.245. The molecular formula is C11H12ClNO3. The van der Waals surface area contributed by atoms with Crippen molar-refractivity contribution in [2.75, 3.05) is 13.1 Å². The Kier molecular flexibility index (Phi) is 3.03. The fourth-order valence-corrected chi connectivity index (χ4v) is 1.97. The Balaban J connectivity index is 2.23. The zero-order chi connectivity index (χ0) is 11.7. The number of carbonyl (C=O) groups is 1. The normalized spacial score (nSPS) is 20.1. The summed E-state index contributed by atoms with van der Waals surface area (Å²) in [4.78, 5) is 13.5. The lowest BCUT2D eigenvalue weighted by Gasteiger charge is -2.16. The van der Waals surface area contributed by atoms with Gasteiger partial charge in [0.1, 0.15) is 5.75 Å². The number of phenols is 1. The molecule has 86 valence electrons. The van der Waals surface area contributed by atoms with Gasteiger partial charge in [-0.2, -0.15) is 0 Å². The van der Waals surface area contributed by atoms with E-state index in [0.29, 0.717) is 24.5 Å². The van der Waals surface area contributed by atoms with E-state index >= 15 is 0 Å². The number of likely N-dealkylation sites (tertiary alicyclic amines) is 1. The third-order valence-corrected chi connectivity index (χ3v) is 2.96. The highest BCUT2D eigenvalue weighted by molar-refractivity contribution is 6.33. The lowest BCUT2D eigenvalue weighted by atomic mass is 10.2. The minimum Gasteiger partial charge on any atom is -0.508 e.